The number of nitrogens with one attached hydrogen (secondary N) is 1. The van der Waals surface area contributed by atoms with Gasteiger partial charge in [0.15, 0.2) is 16.7 Å². The SMILES string of the molecule is CNc1cc(Oc2ccccc2OC)nc(SC)n1. The number of methoxy groups -OCH3 is 1. The third-order valence-corrected chi connectivity index (χ3v) is 2.95. The number of ether oxygens (including phenoxy) is 2. The number of thioether (sulfide) groups is 1. The minimum Gasteiger partial charge on any atom is -0.493 e. The Kier molecular flexibility index (Phi) is 4.46. The molecular weight excluding hydrogens is 262 g/mol. The van der Waals surface area contributed by atoms with E-state index in [9.17, 15) is 0 Å². The average Bonchev–Trinajstić information content (AvgIpc) is 2.47. The maximum Gasteiger partial charge on any atom is 0.225 e. The van der Waals surface area contributed by atoms with Gasteiger partial charge in [-0.3, -0.25) is 0 Å². The first kappa shape index (κ1) is 13.5. The van der Waals surface area contributed by atoms with Crippen LogP contribution in [0.1, 0.15) is 0 Å². The summed E-state index contributed by atoms with van der Waals surface area (Å²) in [6, 6.07) is 9.18. The second kappa shape index (κ2) is 6.29. The minimum atomic E-state index is 0.480. The van der Waals surface area contributed by atoms with Gasteiger partial charge in [0.25, 0.3) is 0 Å². The van der Waals surface area contributed by atoms with Crippen LogP contribution < -0.4 is 14.8 Å². The molecule has 0 saturated carbocycles. The number of nitrogens with zero attached hydrogens (tertiary/aromatic N) is 2. The van der Waals surface area contributed by atoms with Gasteiger partial charge in [-0.05, 0) is 18.4 Å². The molecule has 0 amide bonds. The zero-order valence-electron chi connectivity index (χ0n) is 11.0. The number of hydrogen-bond acceptors (Lipinski definition) is 6. The molecule has 0 bridgehead atoms. The lowest BCUT2D eigenvalue weighted by atomic mass is 10.3. The van der Waals surface area contributed by atoms with Crippen LogP contribution in [0, 0.1) is 0 Å². The van der Waals surface area contributed by atoms with Crippen LogP contribution >= 0.6 is 11.8 Å². The Morgan fingerprint density at radius 2 is 1.89 bits per heavy atom. The standard InChI is InChI=1S/C13H15N3O2S/c1-14-11-8-12(16-13(15-11)19-3)18-10-7-5-4-6-9(10)17-2/h4-8H,1-3H3,(H,14,15,16). The van der Waals surface area contributed by atoms with E-state index in [4.69, 9.17) is 9.47 Å². The van der Waals surface area contributed by atoms with Gasteiger partial charge in [0, 0.05) is 13.1 Å². The van der Waals surface area contributed by atoms with Crippen LogP contribution in [0.2, 0.25) is 0 Å². The second-order valence-electron chi connectivity index (χ2n) is 3.58. The summed E-state index contributed by atoms with van der Waals surface area (Å²) in [4.78, 5) is 8.59. The molecule has 0 fully saturated rings. The number of benzene rings is 1. The largest absolute Gasteiger partial charge is 0.493 e. The van der Waals surface area contributed by atoms with Crippen LogP contribution in [0.4, 0.5) is 5.82 Å². The maximum atomic E-state index is 5.76. The zero-order valence-corrected chi connectivity index (χ0v) is 11.8. The molecule has 5 nitrogen and oxygen atoms in total. The Labute approximate surface area is 116 Å². The molecule has 0 aliphatic carbocycles. The molecule has 1 heterocycles. The highest BCUT2D eigenvalue weighted by molar-refractivity contribution is 7.98. The molecule has 100 valence electrons. The van der Waals surface area contributed by atoms with Gasteiger partial charge in [0.05, 0.1) is 7.11 Å². The molecule has 1 aromatic heterocycles. The number of rotatable bonds is 5. The van der Waals surface area contributed by atoms with Crippen LogP contribution in [0.25, 0.3) is 0 Å². The van der Waals surface area contributed by atoms with Crippen LogP contribution in [0.3, 0.4) is 0 Å². The van der Waals surface area contributed by atoms with E-state index < -0.39 is 0 Å². The number of hydrogen-bond donors (Lipinski definition) is 1. The molecular formula is C13H15N3O2S. The minimum absolute atomic E-state index is 0.480. The number of para-hydroxylation sites is 2. The fourth-order valence-corrected chi connectivity index (χ4v) is 1.86. The van der Waals surface area contributed by atoms with Crippen molar-refractivity contribution >= 4 is 17.6 Å². The fourth-order valence-electron chi connectivity index (χ4n) is 1.49. The van der Waals surface area contributed by atoms with Crippen molar-refractivity contribution in [3.05, 3.63) is 30.3 Å². The van der Waals surface area contributed by atoms with Crippen LogP contribution in [0.15, 0.2) is 35.5 Å². The second-order valence-corrected chi connectivity index (χ2v) is 4.35. The highest BCUT2D eigenvalue weighted by atomic mass is 32.2. The quantitative estimate of drug-likeness (QED) is 0.669. The summed E-state index contributed by atoms with van der Waals surface area (Å²) in [6.07, 6.45) is 1.92. The smallest absolute Gasteiger partial charge is 0.225 e. The molecule has 19 heavy (non-hydrogen) atoms. The first-order valence-electron chi connectivity index (χ1n) is 5.68. The predicted molar refractivity (Wildman–Crippen MR) is 76.4 cm³/mol. The van der Waals surface area contributed by atoms with Crippen LogP contribution in [-0.2, 0) is 0 Å². The van der Waals surface area contributed by atoms with Crippen molar-refractivity contribution in [3.63, 3.8) is 0 Å². The summed E-state index contributed by atoms with van der Waals surface area (Å²) >= 11 is 1.46. The Balaban J connectivity index is 2.32. The number of aromatic nitrogens is 2. The molecule has 0 unspecified atom stereocenters. The van der Waals surface area contributed by atoms with Crippen molar-refractivity contribution in [2.75, 3.05) is 25.7 Å². The Morgan fingerprint density at radius 3 is 2.53 bits per heavy atom. The summed E-state index contributed by atoms with van der Waals surface area (Å²) < 4.78 is 11.0. The Hall–Kier alpha value is -1.95. The molecule has 0 saturated heterocycles. The third-order valence-electron chi connectivity index (χ3n) is 2.40. The lowest BCUT2D eigenvalue weighted by Gasteiger charge is -2.10. The lowest BCUT2D eigenvalue weighted by molar-refractivity contribution is 0.372. The van der Waals surface area contributed by atoms with Crippen LogP contribution in [0.5, 0.6) is 17.4 Å². The zero-order chi connectivity index (χ0) is 13.7. The van der Waals surface area contributed by atoms with E-state index >= 15 is 0 Å². The highest BCUT2D eigenvalue weighted by Gasteiger charge is 2.08. The highest BCUT2D eigenvalue weighted by Crippen LogP contribution is 2.31. The van der Waals surface area contributed by atoms with Gasteiger partial charge in [0.1, 0.15) is 5.82 Å². The van der Waals surface area contributed by atoms with Crippen LogP contribution in [-0.4, -0.2) is 30.4 Å². The summed E-state index contributed by atoms with van der Waals surface area (Å²) in [5.74, 6) is 2.48. The molecule has 0 atom stereocenters. The van der Waals surface area contributed by atoms with Gasteiger partial charge >= 0.3 is 0 Å². The van der Waals surface area contributed by atoms with Crippen molar-refractivity contribution in [2.24, 2.45) is 0 Å². The van der Waals surface area contributed by atoms with E-state index in [-0.39, 0.29) is 0 Å². The van der Waals surface area contributed by atoms with E-state index in [1.54, 1.807) is 20.2 Å². The van der Waals surface area contributed by atoms with E-state index in [0.29, 0.717) is 28.4 Å². The van der Waals surface area contributed by atoms with Crippen molar-refractivity contribution in [2.45, 2.75) is 5.16 Å². The lowest BCUT2D eigenvalue weighted by Crippen LogP contribution is -1.98. The van der Waals surface area contributed by atoms with Crippen molar-refractivity contribution in [1.82, 2.24) is 9.97 Å². The normalized spacial score (nSPS) is 10.1. The fraction of sp³-hybridized carbons (Fsp3) is 0.231. The van der Waals surface area contributed by atoms with Crippen molar-refractivity contribution in [3.8, 4) is 17.4 Å². The molecule has 0 aliphatic rings. The molecule has 0 radical (unpaired) electrons. The number of anilines is 1. The topological polar surface area (TPSA) is 56.3 Å². The Morgan fingerprint density at radius 1 is 1.16 bits per heavy atom. The van der Waals surface area contributed by atoms with Gasteiger partial charge in [0.2, 0.25) is 5.88 Å². The van der Waals surface area contributed by atoms with Gasteiger partial charge in [-0.2, -0.15) is 4.98 Å². The van der Waals surface area contributed by atoms with Crippen molar-refractivity contribution in [1.29, 1.82) is 0 Å². The van der Waals surface area contributed by atoms with E-state index in [1.165, 1.54) is 11.8 Å². The predicted octanol–water partition coefficient (Wildman–Crippen LogP) is 3.04. The monoisotopic (exact) mass is 277 g/mol. The summed E-state index contributed by atoms with van der Waals surface area (Å²) in [6.45, 7) is 0. The third kappa shape index (κ3) is 3.29. The van der Waals surface area contributed by atoms with E-state index in [2.05, 4.69) is 15.3 Å². The average molecular weight is 277 g/mol. The molecule has 1 aromatic carbocycles. The van der Waals surface area contributed by atoms with Gasteiger partial charge in [-0.25, -0.2) is 4.98 Å². The first-order valence-corrected chi connectivity index (χ1v) is 6.91. The van der Waals surface area contributed by atoms with Gasteiger partial charge in [-0.1, -0.05) is 23.9 Å². The van der Waals surface area contributed by atoms with Crippen molar-refractivity contribution < 1.29 is 9.47 Å². The van der Waals surface area contributed by atoms with Gasteiger partial charge < -0.3 is 14.8 Å². The molecule has 0 spiro atoms. The summed E-state index contributed by atoms with van der Waals surface area (Å²) in [5.41, 5.74) is 0. The maximum absolute atomic E-state index is 5.76. The Bertz CT molecular complexity index is 541. The molecule has 2 aromatic rings. The molecule has 6 heteroatoms. The van der Waals surface area contributed by atoms with E-state index in [1.807, 2.05) is 30.5 Å². The van der Waals surface area contributed by atoms with Gasteiger partial charge in [-0.15, -0.1) is 0 Å². The summed E-state index contributed by atoms with van der Waals surface area (Å²) in [5, 5.41) is 3.63. The van der Waals surface area contributed by atoms with E-state index in [0.717, 1.165) is 0 Å². The molecule has 0 aliphatic heterocycles. The summed E-state index contributed by atoms with van der Waals surface area (Å²) in [7, 11) is 3.41. The molecule has 2 rings (SSSR count). The molecule has 1 N–H and O–H groups in total. The first-order chi connectivity index (χ1) is 9.26.